The lowest BCUT2D eigenvalue weighted by Crippen LogP contribution is -2.21. The molecule has 4 nitrogen and oxygen atoms in total. The van der Waals surface area contributed by atoms with E-state index in [4.69, 9.17) is 9.73 Å². The van der Waals surface area contributed by atoms with E-state index < -0.39 is 0 Å². The summed E-state index contributed by atoms with van der Waals surface area (Å²) in [6.07, 6.45) is 15.5. The number of allylic oxidation sites excluding steroid dienone is 3. The third-order valence-corrected chi connectivity index (χ3v) is 7.27. The molecule has 1 unspecified atom stereocenters. The van der Waals surface area contributed by atoms with Crippen molar-refractivity contribution in [1.29, 1.82) is 0 Å². The molecular weight excluding hydrogens is 444 g/mol. The van der Waals surface area contributed by atoms with Gasteiger partial charge in [-0.3, -0.25) is 0 Å². The van der Waals surface area contributed by atoms with Crippen molar-refractivity contribution in [2.75, 3.05) is 20.3 Å². The van der Waals surface area contributed by atoms with Gasteiger partial charge < -0.3 is 14.4 Å². The Balaban J connectivity index is 0.00000146. The first-order valence-corrected chi connectivity index (χ1v) is 14.3. The molecule has 0 spiro atoms. The molecule has 36 heavy (non-hydrogen) atoms. The Morgan fingerprint density at radius 2 is 1.94 bits per heavy atom. The third-order valence-electron chi connectivity index (χ3n) is 7.27. The number of aliphatic hydroxyl groups excluding tert-OH is 1. The molecule has 1 aliphatic carbocycles. The molecule has 0 aliphatic heterocycles. The molecule has 2 rings (SSSR count). The number of nitrogens with zero attached hydrogens (tertiary/aromatic N) is 2. The standard InChI is InChI=1S/C28H48N2O2.C4H8/c1-9-15-24(17-13-12-16-22(4)21-31)25(11-3)29-27-23(10-2)20-26(30(27)7)28(5,6)18-14-19-32-8;1-4-2-3-4/h11,15,20,22,31H,3,9-10,12-14,16-19,21H2,1-2,4-8H3;4H,2-3H2,1H3/b24-15+,29-25+;. The summed E-state index contributed by atoms with van der Waals surface area (Å²) in [6, 6.07) is 2.34. The molecule has 1 saturated carbocycles. The second-order valence-corrected chi connectivity index (χ2v) is 11.3. The van der Waals surface area contributed by atoms with Gasteiger partial charge in [-0.2, -0.15) is 0 Å². The van der Waals surface area contributed by atoms with Crippen molar-refractivity contribution in [3.8, 4) is 0 Å². The van der Waals surface area contributed by atoms with Gasteiger partial charge >= 0.3 is 0 Å². The second-order valence-electron chi connectivity index (χ2n) is 11.3. The molecule has 0 saturated heterocycles. The van der Waals surface area contributed by atoms with E-state index in [1.165, 1.54) is 29.7 Å². The minimum absolute atomic E-state index is 0.0603. The first-order valence-electron chi connectivity index (χ1n) is 14.3. The molecule has 1 aliphatic rings. The van der Waals surface area contributed by atoms with E-state index in [1.807, 2.05) is 6.08 Å². The van der Waals surface area contributed by atoms with E-state index in [1.54, 1.807) is 7.11 Å². The van der Waals surface area contributed by atoms with E-state index in [2.05, 4.69) is 71.9 Å². The highest BCUT2D eigenvalue weighted by Gasteiger charge is 2.26. The zero-order chi connectivity index (χ0) is 27.1. The van der Waals surface area contributed by atoms with Gasteiger partial charge in [-0.15, -0.1) is 0 Å². The summed E-state index contributed by atoms with van der Waals surface area (Å²) in [5.41, 5.74) is 4.94. The first-order chi connectivity index (χ1) is 17.1. The Morgan fingerprint density at radius 1 is 1.28 bits per heavy atom. The van der Waals surface area contributed by atoms with Gasteiger partial charge in [0.1, 0.15) is 5.82 Å². The number of aliphatic imine (C=N–C) groups is 1. The fourth-order valence-electron chi connectivity index (χ4n) is 4.51. The third kappa shape index (κ3) is 11.2. The molecule has 1 heterocycles. The average molecular weight is 501 g/mol. The predicted molar refractivity (Wildman–Crippen MR) is 158 cm³/mol. The van der Waals surface area contributed by atoms with Crippen molar-refractivity contribution in [1.82, 2.24) is 4.57 Å². The molecule has 1 aromatic heterocycles. The fourth-order valence-corrected chi connectivity index (χ4v) is 4.51. The number of ether oxygens (including phenoxy) is 1. The van der Waals surface area contributed by atoms with Crippen LogP contribution in [0.2, 0.25) is 0 Å². The van der Waals surface area contributed by atoms with Crippen molar-refractivity contribution in [2.45, 2.75) is 111 Å². The van der Waals surface area contributed by atoms with Crippen LogP contribution < -0.4 is 0 Å². The maximum Gasteiger partial charge on any atom is 0.136 e. The van der Waals surface area contributed by atoms with Gasteiger partial charge in [-0.25, -0.2) is 4.99 Å². The summed E-state index contributed by atoms with van der Waals surface area (Å²) >= 11 is 0. The lowest BCUT2D eigenvalue weighted by atomic mass is 9.84. The Kier molecular flexibility index (Phi) is 15.3. The number of aliphatic hydroxyl groups is 1. The van der Waals surface area contributed by atoms with Gasteiger partial charge in [0.05, 0.1) is 5.71 Å². The topological polar surface area (TPSA) is 46.8 Å². The van der Waals surface area contributed by atoms with Gasteiger partial charge in [0, 0.05) is 38.5 Å². The molecular formula is C32H56N2O2. The number of aromatic nitrogens is 1. The monoisotopic (exact) mass is 500 g/mol. The van der Waals surface area contributed by atoms with Crippen LogP contribution in [0.1, 0.15) is 111 Å². The van der Waals surface area contributed by atoms with Crippen molar-refractivity contribution in [2.24, 2.45) is 23.9 Å². The fraction of sp³-hybridized carbons (Fsp3) is 0.719. The van der Waals surface area contributed by atoms with Gasteiger partial charge in [0.15, 0.2) is 0 Å². The van der Waals surface area contributed by atoms with Crippen molar-refractivity contribution in [3.63, 3.8) is 0 Å². The second kappa shape index (κ2) is 17.0. The summed E-state index contributed by atoms with van der Waals surface area (Å²) in [5, 5.41) is 9.26. The van der Waals surface area contributed by atoms with Crippen LogP contribution in [0.4, 0.5) is 5.82 Å². The number of rotatable bonds is 16. The summed E-state index contributed by atoms with van der Waals surface area (Å²) in [7, 11) is 3.91. The number of unbranched alkanes of at least 4 members (excludes halogenated alkanes) is 1. The maximum atomic E-state index is 9.26. The zero-order valence-corrected chi connectivity index (χ0v) is 24.8. The Bertz CT molecular complexity index is 827. The van der Waals surface area contributed by atoms with Gasteiger partial charge in [-0.1, -0.05) is 73.5 Å². The Morgan fingerprint density at radius 3 is 2.44 bits per heavy atom. The van der Waals surface area contributed by atoms with Crippen LogP contribution in [0.25, 0.3) is 0 Å². The zero-order valence-electron chi connectivity index (χ0n) is 24.8. The molecule has 0 amide bonds. The average Bonchev–Trinajstić information content (AvgIpc) is 3.57. The van der Waals surface area contributed by atoms with Gasteiger partial charge in [0.25, 0.3) is 0 Å². The van der Waals surface area contributed by atoms with Crippen LogP contribution in [-0.4, -0.2) is 35.7 Å². The summed E-state index contributed by atoms with van der Waals surface area (Å²) in [4.78, 5) is 5.16. The smallest absolute Gasteiger partial charge is 0.136 e. The van der Waals surface area contributed by atoms with Crippen LogP contribution >= 0.6 is 0 Å². The van der Waals surface area contributed by atoms with Crippen LogP contribution in [0.15, 0.2) is 35.4 Å². The van der Waals surface area contributed by atoms with Crippen LogP contribution in [0.3, 0.4) is 0 Å². The Hall–Kier alpha value is -1.65. The minimum atomic E-state index is 0.0603. The van der Waals surface area contributed by atoms with Crippen molar-refractivity contribution < 1.29 is 9.84 Å². The van der Waals surface area contributed by atoms with Crippen molar-refractivity contribution >= 4 is 11.5 Å². The van der Waals surface area contributed by atoms with Crippen LogP contribution in [0, 0.1) is 11.8 Å². The predicted octanol–water partition coefficient (Wildman–Crippen LogP) is 8.49. The number of hydrogen-bond donors (Lipinski definition) is 1. The lowest BCUT2D eigenvalue weighted by Gasteiger charge is -2.26. The molecule has 0 bridgehead atoms. The number of methoxy groups -OCH3 is 1. The normalized spacial score (nSPS) is 15.5. The van der Waals surface area contributed by atoms with Crippen LogP contribution in [0.5, 0.6) is 0 Å². The molecule has 4 heteroatoms. The van der Waals surface area contributed by atoms with Crippen molar-refractivity contribution in [3.05, 3.63) is 41.6 Å². The molecule has 1 atom stereocenters. The van der Waals surface area contributed by atoms with E-state index in [0.29, 0.717) is 5.92 Å². The molecule has 0 aromatic carbocycles. The Labute approximate surface area is 222 Å². The summed E-state index contributed by atoms with van der Waals surface area (Å²) in [6.45, 7) is 18.6. The summed E-state index contributed by atoms with van der Waals surface area (Å²) in [5.74, 6) is 2.51. The highest BCUT2D eigenvalue weighted by Crippen LogP contribution is 2.35. The molecule has 1 fully saturated rings. The first kappa shape index (κ1) is 32.4. The molecule has 0 radical (unpaired) electrons. The van der Waals surface area contributed by atoms with Gasteiger partial charge in [-0.05, 0) is 80.1 Å². The van der Waals surface area contributed by atoms with Gasteiger partial charge in [0.2, 0.25) is 0 Å². The van der Waals surface area contributed by atoms with E-state index >= 15 is 0 Å². The minimum Gasteiger partial charge on any atom is -0.396 e. The van der Waals surface area contributed by atoms with Crippen LogP contribution in [-0.2, 0) is 23.6 Å². The number of aryl methyl sites for hydroxylation is 1. The summed E-state index contributed by atoms with van der Waals surface area (Å²) < 4.78 is 7.55. The number of hydrogen-bond acceptors (Lipinski definition) is 3. The van der Waals surface area contributed by atoms with E-state index in [9.17, 15) is 5.11 Å². The maximum absolute atomic E-state index is 9.26. The molecule has 206 valence electrons. The molecule has 1 N–H and O–H groups in total. The SMILES string of the molecule is C=CC(=N\c1c(CC)cc(C(C)(C)CCCOC)n1C)/C(=C/CC)CCCCC(C)CO.CC1CC1. The molecule has 1 aromatic rings. The quantitative estimate of drug-likeness (QED) is 0.183. The van der Waals surface area contributed by atoms with E-state index in [0.717, 1.165) is 75.4 Å². The lowest BCUT2D eigenvalue weighted by molar-refractivity contribution is 0.185. The highest BCUT2D eigenvalue weighted by atomic mass is 16.5. The van der Waals surface area contributed by atoms with E-state index in [-0.39, 0.29) is 12.0 Å². The highest BCUT2D eigenvalue weighted by molar-refractivity contribution is 6.09. The largest absolute Gasteiger partial charge is 0.396 e.